The zero-order valence-corrected chi connectivity index (χ0v) is 16.6. The lowest BCUT2D eigenvalue weighted by Gasteiger charge is -2.38. The molecule has 3 heterocycles. The molecule has 3 aromatic rings. The zero-order valence-electron chi connectivity index (χ0n) is 16.6. The van der Waals surface area contributed by atoms with E-state index >= 15 is 0 Å². The number of rotatable bonds is 4. The predicted molar refractivity (Wildman–Crippen MR) is 109 cm³/mol. The van der Waals surface area contributed by atoms with Crippen LogP contribution in [0.25, 0.3) is 5.65 Å². The second-order valence-electron chi connectivity index (χ2n) is 7.16. The number of guanidine groups is 1. The molecule has 2 unspecified atom stereocenters. The summed E-state index contributed by atoms with van der Waals surface area (Å²) in [6.45, 7) is 4.13. The summed E-state index contributed by atoms with van der Waals surface area (Å²) in [5, 5.41) is 11.9. The molecular weight excluding hydrogens is 371 g/mol. The van der Waals surface area contributed by atoms with Crippen LogP contribution in [0.1, 0.15) is 24.4 Å². The molecule has 2 atom stereocenters. The van der Waals surface area contributed by atoms with Crippen LogP contribution in [0.2, 0.25) is 0 Å². The number of fused-ring (bicyclic) bond motifs is 1. The molecule has 0 aliphatic carbocycles. The van der Waals surface area contributed by atoms with E-state index < -0.39 is 0 Å². The van der Waals surface area contributed by atoms with Gasteiger partial charge in [-0.05, 0) is 36.8 Å². The van der Waals surface area contributed by atoms with Gasteiger partial charge in [0.15, 0.2) is 11.6 Å². The Labute approximate surface area is 169 Å². The predicted octanol–water partition coefficient (Wildman–Crippen LogP) is 2.45. The highest BCUT2D eigenvalue weighted by Gasteiger charge is 2.28. The maximum Gasteiger partial charge on any atom is 0.193 e. The Morgan fingerprint density at radius 2 is 2.03 bits per heavy atom. The SMILES string of the molecule is CN=C(NCCc1nnc2ccccn12)N1CC(C)OC(c2ccc(F)cc2)C1. The van der Waals surface area contributed by atoms with Crippen molar-refractivity contribution in [1.29, 1.82) is 0 Å². The first-order valence-electron chi connectivity index (χ1n) is 9.79. The highest BCUT2D eigenvalue weighted by molar-refractivity contribution is 5.80. The second-order valence-corrected chi connectivity index (χ2v) is 7.16. The molecule has 7 nitrogen and oxygen atoms in total. The van der Waals surface area contributed by atoms with Gasteiger partial charge in [0, 0.05) is 32.8 Å². The molecule has 0 radical (unpaired) electrons. The van der Waals surface area contributed by atoms with E-state index in [1.807, 2.05) is 35.7 Å². The van der Waals surface area contributed by atoms with Crippen LogP contribution in [0.3, 0.4) is 0 Å². The van der Waals surface area contributed by atoms with Crippen molar-refractivity contribution in [2.45, 2.75) is 25.6 Å². The number of nitrogens with one attached hydrogen (secondary N) is 1. The van der Waals surface area contributed by atoms with E-state index in [2.05, 4.69) is 25.4 Å². The van der Waals surface area contributed by atoms with E-state index in [-0.39, 0.29) is 18.0 Å². The van der Waals surface area contributed by atoms with Gasteiger partial charge in [-0.2, -0.15) is 0 Å². The maximum atomic E-state index is 13.3. The van der Waals surface area contributed by atoms with E-state index in [9.17, 15) is 4.39 Å². The van der Waals surface area contributed by atoms with Crippen molar-refractivity contribution in [3.8, 4) is 0 Å². The minimum Gasteiger partial charge on any atom is -0.367 e. The monoisotopic (exact) mass is 396 g/mol. The van der Waals surface area contributed by atoms with Gasteiger partial charge in [0.25, 0.3) is 0 Å². The van der Waals surface area contributed by atoms with Gasteiger partial charge in [-0.15, -0.1) is 10.2 Å². The highest BCUT2D eigenvalue weighted by Crippen LogP contribution is 2.25. The molecule has 2 aromatic heterocycles. The molecule has 1 saturated heterocycles. The van der Waals surface area contributed by atoms with Crippen molar-refractivity contribution in [2.75, 3.05) is 26.7 Å². The Balaban J connectivity index is 1.39. The van der Waals surface area contributed by atoms with Gasteiger partial charge < -0.3 is 15.0 Å². The number of ether oxygens (including phenoxy) is 1. The second kappa shape index (κ2) is 8.57. The van der Waals surface area contributed by atoms with Crippen LogP contribution in [-0.4, -0.2) is 58.2 Å². The minimum atomic E-state index is -0.243. The number of pyridine rings is 1. The molecule has 152 valence electrons. The molecule has 0 spiro atoms. The maximum absolute atomic E-state index is 13.3. The molecule has 0 bridgehead atoms. The Bertz CT molecular complexity index is 986. The molecule has 1 N–H and O–H groups in total. The number of aromatic nitrogens is 3. The lowest BCUT2D eigenvalue weighted by atomic mass is 10.1. The van der Waals surface area contributed by atoms with Crippen molar-refractivity contribution in [1.82, 2.24) is 24.8 Å². The van der Waals surface area contributed by atoms with Gasteiger partial charge in [0.2, 0.25) is 0 Å². The number of hydrogen-bond donors (Lipinski definition) is 1. The zero-order chi connectivity index (χ0) is 20.2. The standard InChI is InChI=1S/C21H25FN6O/c1-15-13-27(14-18(29-15)16-6-8-17(22)9-7-16)21(23-2)24-11-10-20-26-25-19-5-3-4-12-28(19)20/h3-9,12,15,18H,10-11,13-14H2,1-2H3,(H,23,24). The first-order chi connectivity index (χ1) is 14.1. The molecule has 4 rings (SSSR count). The fourth-order valence-electron chi connectivity index (χ4n) is 3.67. The van der Waals surface area contributed by atoms with Gasteiger partial charge in [-0.3, -0.25) is 9.39 Å². The third-order valence-corrected chi connectivity index (χ3v) is 5.03. The quantitative estimate of drug-likeness (QED) is 0.542. The van der Waals surface area contributed by atoms with Crippen molar-refractivity contribution in [2.24, 2.45) is 4.99 Å². The van der Waals surface area contributed by atoms with E-state index in [0.29, 0.717) is 13.1 Å². The van der Waals surface area contributed by atoms with Gasteiger partial charge in [-0.1, -0.05) is 18.2 Å². The summed E-state index contributed by atoms with van der Waals surface area (Å²) in [6, 6.07) is 12.4. The Morgan fingerprint density at radius 1 is 1.21 bits per heavy atom. The fourth-order valence-corrected chi connectivity index (χ4v) is 3.67. The number of morpholine rings is 1. The summed E-state index contributed by atoms with van der Waals surface area (Å²) in [4.78, 5) is 6.63. The van der Waals surface area contributed by atoms with E-state index in [4.69, 9.17) is 4.74 Å². The van der Waals surface area contributed by atoms with Gasteiger partial charge in [0.05, 0.1) is 12.6 Å². The Kier molecular flexibility index (Phi) is 5.71. The molecule has 1 fully saturated rings. The topological polar surface area (TPSA) is 67.0 Å². The van der Waals surface area contributed by atoms with Gasteiger partial charge in [-0.25, -0.2) is 4.39 Å². The van der Waals surface area contributed by atoms with Crippen LogP contribution in [0.15, 0.2) is 53.7 Å². The van der Waals surface area contributed by atoms with E-state index in [1.54, 1.807) is 19.2 Å². The Morgan fingerprint density at radius 3 is 2.83 bits per heavy atom. The highest BCUT2D eigenvalue weighted by atomic mass is 19.1. The molecule has 1 aliphatic heterocycles. The summed E-state index contributed by atoms with van der Waals surface area (Å²) in [6.07, 6.45) is 2.61. The van der Waals surface area contributed by atoms with Crippen LogP contribution < -0.4 is 5.32 Å². The smallest absolute Gasteiger partial charge is 0.193 e. The number of benzene rings is 1. The van der Waals surface area contributed by atoms with E-state index in [1.165, 1.54) is 12.1 Å². The van der Waals surface area contributed by atoms with Crippen LogP contribution in [0.4, 0.5) is 4.39 Å². The molecule has 1 aliphatic rings. The fraction of sp³-hybridized carbons (Fsp3) is 0.381. The average molecular weight is 396 g/mol. The third kappa shape index (κ3) is 4.37. The van der Waals surface area contributed by atoms with Crippen LogP contribution in [-0.2, 0) is 11.2 Å². The van der Waals surface area contributed by atoms with Crippen LogP contribution >= 0.6 is 0 Å². The molecule has 1 aromatic carbocycles. The van der Waals surface area contributed by atoms with Gasteiger partial charge in [0.1, 0.15) is 17.7 Å². The number of nitrogens with zero attached hydrogens (tertiary/aromatic N) is 5. The van der Waals surface area contributed by atoms with Crippen molar-refractivity contribution < 1.29 is 9.13 Å². The first-order valence-corrected chi connectivity index (χ1v) is 9.79. The molecule has 8 heteroatoms. The normalized spacial score (nSPS) is 20.2. The molecular formula is C21H25FN6O. The molecule has 0 saturated carbocycles. The van der Waals surface area contributed by atoms with Crippen molar-refractivity contribution >= 4 is 11.6 Å². The summed E-state index contributed by atoms with van der Waals surface area (Å²) < 4.78 is 21.3. The van der Waals surface area contributed by atoms with Crippen LogP contribution in [0, 0.1) is 5.82 Å². The number of halogens is 1. The molecule has 29 heavy (non-hydrogen) atoms. The number of aliphatic imine (C=N–C) groups is 1. The summed E-state index contributed by atoms with van der Waals surface area (Å²) in [5.74, 6) is 1.48. The third-order valence-electron chi connectivity index (χ3n) is 5.03. The van der Waals surface area contributed by atoms with Crippen molar-refractivity contribution in [3.63, 3.8) is 0 Å². The summed E-state index contributed by atoms with van der Waals surface area (Å²) in [7, 11) is 1.78. The number of hydrogen-bond acceptors (Lipinski definition) is 4. The van der Waals surface area contributed by atoms with Gasteiger partial charge >= 0.3 is 0 Å². The average Bonchev–Trinajstić information content (AvgIpc) is 3.14. The van der Waals surface area contributed by atoms with Crippen molar-refractivity contribution in [3.05, 3.63) is 65.9 Å². The lowest BCUT2D eigenvalue weighted by Crippen LogP contribution is -2.51. The summed E-state index contributed by atoms with van der Waals surface area (Å²) >= 11 is 0. The largest absolute Gasteiger partial charge is 0.367 e. The summed E-state index contributed by atoms with van der Waals surface area (Å²) in [5.41, 5.74) is 1.81. The van der Waals surface area contributed by atoms with Crippen LogP contribution in [0.5, 0.6) is 0 Å². The molecule has 0 amide bonds. The Hall–Kier alpha value is -3.00. The minimum absolute atomic E-state index is 0.0396. The first kappa shape index (κ1) is 19.3. The lowest BCUT2D eigenvalue weighted by molar-refractivity contribution is -0.0604. The van der Waals surface area contributed by atoms with E-state index in [0.717, 1.165) is 36.0 Å².